The molecule has 17 heavy (non-hydrogen) atoms. The Hall–Kier alpha value is -0.610. The molecule has 0 bridgehead atoms. The van der Waals surface area contributed by atoms with Crippen LogP contribution < -0.4 is 5.32 Å². The molecule has 1 saturated carbocycles. The van der Waals surface area contributed by atoms with Crippen molar-refractivity contribution in [3.63, 3.8) is 0 Å². The average Bonchev–Trinajstić information content (AvgIpc) is 2.57. The number of hydrogen-bond acceptors (Lipinski definition) is 3. The predicted octanol–water partition coefficient (Wildman–Crippen LogP) is 1.47. The molecule has 4 heteroatoms. The summed E-state index contributed by atoms with van der Waals surface area (Å²) in [7, 11) is 1.57. The van der Waals surface area contributed by atoms with Crippen LogP contribution in [0.15, 0.2) is 0 Å². The Morgan fingerprint density at radius 1 is 1.35 bits per heavy atom. The number of aliphatic hydroxyl groups is 1. The van der Waals surface area contributed by atoms with Crippen LogP contribution in [0.4, 0.5) is 0 Å². The Balaban J connectivity index is 2.26. The number of methoxy groups -OCH3 is 1. The Morgan fingerprint density at radius 3 is 2.53 bits per heavy atom. The van der Waals surface area contributed by atoms with E-state index in [0.717, 1.165) is 0 Å². The average molecular weight is 243 g/mol. The van der Waals surface area contributed by atoms with E-state index in [9.17, 15) is 4.79 Å². The lowest BCUT2D eigenvalue weighted by molar-refractivity contribution is -0.123. The third kappa shape index (κ3) is 6.03. The Kier molecular flexibility index (Phi) is 7.21. The smallest absolute Gasteiger partial charge is 0.220 e. The second-order valence-electron chi connectivity index (χ2n) is 4.96. The van der Waals surface area contributed by atoms with Crippen LogP contribution in [-0.4, -0.2) is 37.4 Å². The number of ether oxygens (including phenoxy) is 1. The van der Waals surface area contributed by atoms with Crippen LogP contribution in [0.1, 0.15) is 44.9 Å². The summed E-state index contributed by atoms with van der Waals surface area (Å²) >= 11 is 0. The highest BCUT2D eigenvalue weighted by molar-refractivity contribution is 5.76. The summed E-state index contributed by atoms with van der Waals surface area (Å²) < 4.78 is 4.93. The van der Waals surface area contributed by atoms with Crippen LogP contribution in [0.2, 0.25) is 0 Å². The van der Waals surface area contributed by atoms with Crippen molar-refractivity contribution in [2.75, 3.05) is 20.3 Å². The SMILES string of the molecule is COCC(CO)NC(=O)CC1CCCCCC1. The molecule has 0 radical (unpaired) electrons. The summed E-state index contributed by atoms with van der Waals surface area (Å²) in [5.41, 5.74) is 0. The minimum Gasteiger partial charge on any atom is -0.394 e. The molecular weight excluding hydrogens is 218 g/mol. The number of amides is 1. The molecule has 0 heterocycles. The van der Waals surface area contributed by atoms with Gasteiger partial charge in [0.25, 0.3) is 0 Å². The van der Waals surface area contributed by atoms with Gasteiger partial charge in [-0.25, -0.2) is 0 Å². The van der Waals surface area contributed by atoms with Gasteiger partial charge < -0.3 is 15.2 Å². The highest BCUT2D eigenvalue weighted by Crippen LogP contribution is 2.25. The van der Waals surface area contributed by atoms with Gasteiger partial charge in [-0.3, -0.25) is 4.79 Å². The van der Waals surface area contributed by atoms with Gasteiger partial charge in [0.15, 0.2) is 0 Å². The van der Waals surface area contributed by atoms with Gasteiger partial charge in [0.1, 0.15) is 0 Å². The van der Waals surface area contributed by atoms with Gasteiger partial charge >= 0.3 is 0 Å². The van der Waals surface area contributed by atoms with Gasteiger partial charge in [-0.1, -0.05) is 25.7 Å². The van der Waals surface area contributed by atoms with E-state index in [-0.39, 0.29) is 18.6 Å². The van der Waals surface area contributed by atoms with Gasteiger partial charge in [0.2, 0.25) is 5.91 Å². The quantitative estimate of drug-likeness (QED) is 0.695. The van der Waals surface area contributed by atoms with Crippen molar-refractivity contribution in [3.05, 3.63) is 0 Å². The second-order valence-corrected chi connectivity index (χ2v) is 4.96. The fraction of sp³-hybridized carbons (Fsp3) is 0.923. The standard InChI is InChI=1S/C13H25NO3/c1-17-10-12(9-15)14-13(16)8-11-6-4-2-3-5-7-11/h11-12,15H,2-10H2,1H3,(H,14,16). The minimum absolute atomic E-state index is 0.0491. The second kappa shape index (κ2) is 8.48. The van der Waals surface area contributed by atoms with Crippen molar-refractivity contribution in [2.45, 2.75) is 51.0 Å². The molecule has 1 unspecified atom stereocenters. The van der Waals surface area contributed by atoms with Crippen molar-refractivity contribution in [1.82, 2.24) is 5.32 Å². The maximum absolute atomic E-state index is 11.8. The molecule has 0 aromatic carbocycles. The van der Waals surface area contributed by atoms with E-state index in [1.165, 1.54) is 38.5 Å². The number of rotatable bonds is 6. The summed E-state index contributed by atoms with van der Waals surface area (Å²) in [5.74, 6) is 0.576. The fourth-order valence-electron chi connectivity index (χ4n) is 2.46. The maximum Gasteiger partial charge on any atom is 0.220 e. The monoisotopic (exact) mass is 243 g/mol. The maximum atomic E-state index is 11.8. The highest BCUT2D eigenvalue weighted by Gasteiger charge is 2.18. The molecule has 0 aliphatic heterocycles. The summed E-state index contributed by atoms with van der Waals surface area (Å²) in [6.45, 7) is 0.303. The molecule has 4 nitrogen and oxygen atoms in total. The van der Waals surface area contributed by atoms with E-state index in [0.29, 0.717) is 18.9 Å². The van der Waals surface area contributed by atoms with E-state index in [2.05, 4.69) is 5.32 Å². The molecule has 0 aromatic rings. The van der Waals surface area contributed by atoms with Crippen LogP contribution in [0.5, 0.6) is 0 Å². The molecule has 100 valence electrons. The van der Waals surface area contributed by atoms with Gasteiger partial charge in [-0.05, 0) is 18.8 Å². The molecule has 0 spiro atoms. The summed E-state index contributed by atoms with van der Waals surface area (Å²) in [5, 5.41) is 11.9. The number of hydrogen-bond donors (Lipinski definition) is 2. The Bertz CT molecular complexity index is 213. The third-order valence-electron chi connectivity index (χ3n) is 3.40. The lowest BCUT2D eigenvalue weighted by Gasteiger charge is -2.18. The van der Waals surface area contributed by atoms with E-state index in [4.69, 9.17) is 9.84 Å². The van der Waals surface area contributed by atoms with E-state index in [1.54, 1.807) is 7.11 Å². The first kappa shape index (κ1) is 14.5. The number of nitrogens with one attached hydrogen (secondary N) is 1. The fourth-order valence-corrected chi connectivity index (χ4v) is 2.46. The zero-order chi connectivity index (χ0) is 12.5. The van der Waals surface area contributed by atoms with Crippen LogP contribution in [0, 0.1) is 5.92 Å². The first-order chi connectivity index (χ1) is 8.26. The molecule has 0 aromatic heterocycles. The van der Waals surface area contributed by atoms with E-state index < -0.39 is 0 Å². The van der Waals surface area contributed by atoms with Crippen molar-refractivity contribution in [1.29, 1.82) is 0 Å². The molecule has 0 saturated heterocycles. The summed E-state index contributed by atoms with van der Waals surface area (Å²) in [6.07, 6.45) is 8.05. The number of carbonyl (C=O) groups is 1. The summed E-state index contributed by atoms with van der Waals surface area (Å²) in [6, 6.07) is -0.265. The van der Waals surface area contributed by atoms with Crippen LogP contribution in [0.25, 0.3) is 0 Å². The zero-order valence-electron chi connectivity index (χ0n) is 10.8. The molecule has 1 atom stereocenters. The minimum atomic E-state index is -0.265. The Morgan fingerprint density at radius 2 is 2.00 bits per heavy atom. The van der Waals surface area contributed by atoms with Crippen LogP contribution >= 0.6 is 0 Å². The molecule has 1 aliphatic carbocycles. The van der Waals surface area contributed by atoms with Crippen molar-refractivity contribution in [3.8, 4) is 0 Å². The van der Waals surface area contributed by atoms with E-state index in [1.807, 2.05) is 0 Å². The molecule has 1 amide bonds. The third-order valence-corrected chi connectivity index (χ3v) is 3.40. The lowest BCUT2D eigenvalue weighted by atomic mass is 9.96. The summed E-state index contributed by atoms with van der Waals surface area (Å²) in [4.78, 5) is 11.8. The zero-order valence-corrected chi connectivity index (χ0v) is 10.8. The Labute approximate surface area is 104 Å². The molecular formula is C13H25NO3. The predicted molar refractivity (Wildman–Crippen MR) is 66.7 cm³/mol. The van der Waals surface area contributed by atoms with E-state index >= 15 is 0 Å². The molecule has 1 aliphatic rings. The first-order valence-corrected chi connectivity index (χ1v) is 6.65. The van der Waals surface area contributed by atoms with Crippen molar-refractivity contribution in [2.24, 2.45) is 5.92 Å². The molecule has 1 rings (SSSR count). The van der Waals surface area contributed by atoms with Crippen LogP contribution in [-0.2, 0) is 9.53 Å². The molecule has 2 N–H and O–H groups in total. The van der Waals surface area contributed by atoms with Crippen molar-refractivity contribution >= 4 is 5.91 Å². The largest absolute Gasteiger partial charge is 0.394 e. The molecule has 1 fully saturated rings. The van der Waals surface area contributed by atoms with Gasteiger partial charge in [0, 0.05) is 13.5 Å². The lowest BCUT2D eigenvalue weighted by Crippen LogP contribution is -2.41. The van der Waals surface area contributed by atoms with Crippen LogP contribution in [0.3, 0.4) is 0 Å². The highest BCUT2D eigenvalue weighted by atomic mass is 16.5. The van der Waals surface area contributed by atoms with Gasteiger partial charge in [-0.15, -0.1) is 0 Å². The number of aliphatic hydroxyl groups excluding tert-OH is 1. The number of carbonyl (C=O) groups excluding carboxylic acids is 1. The van der Waals surface area contributed by atoms with Gasteiger partial charge in [0.05, 0.1) is 19.3 Å². The topological polar surface area (TPSA) is 58.6 Å². The van der Waals surface area contributed by atoms with Gasteiger partial charge in [-0.2, -0.15) is 0 Å². The van der Waals surface area contributed by atoms with Crippen molar-refractivity contribution < 1.29 is 14.6 Å². The first-order valence-electron chi connectivity index (χ1n) is 6.65. The normalized spacial score (nSPS) is 19.6.